The lowest BCUT2D eigenvalue weighted by Crippen LogP contribution is -2.36. The minimum atomic E-state index is -0.444. The second-order valence-corrected chi connectivity index (χ2v) is 5.59. The van der Waals surface area contributed by atoms with Gasteiger partial charge in [-0.15, -0.1) is 0 Å². The van der Waals surface area contributed by atoms with Crippen molar-refractivity contribution in [3.63, 3.8) is 0 Å². The summed E-state index contributed by atoms with van der Waals surface area (Å²) in [5.41, 5.74) is 0.538. The van der Waals surface area contributed by atoms with Crippen LogP contribution in [0.2, 0.25) is 0 Å². The molecule has 1 unspecified atom stereocenters. The van der Waals surface area contributed by atoms with Crippen molar-refractivity contribution in [2.75, 3.05) is 25.5 Å². The van der Waals surface area contributed by atoms with Crippen LogP contribution < -0.4 is 10.2 Å². The number of hydrogen-bond donors (Lipinski definition) is 2. The maximum atomic E-state index is 12.2. The van der Waals surface area contributed by atoms with Gasteiger partial charge in [-0.3, -0.25) is 4.79 Å². The highest BCUT2D eigenvalue weighted by molar-refractivity contribution is 5.98. The first-order valence-corrected chi connectivity index (χ1v) is 7.18. The van der Waals surface area contributed by atoms with Crippen LogP contribution in [0.3, 0.4) is 0 Å². The SMILES string of the molecule is CN(C)c1ncccc1C(=O)NCC(O)C1CCCC1. The lowest BCUT2D eigenvalue weighted by atomic mass is 10.0. The topological polar surface area (TPSA) is 65.5 Å². The van der Waals surface area contributed by atoms with Gasteiger partial charge in [-0.25, -0.2) is 4.98 Å². The first-order valence-electron chi connectivity index (χ1n) is 7.18. The molecule has 0 spiro atoms. The number of rotatable bonds is 5. The Morgan fingerprint density at radius 1 is 1.50 bits per heavy atom. The Morgan fingerprint density at radius 3 is 2.85 bits per heavy atom. The third-order valence-electron chi connectivity index (χ3n) is 3.87. The Morgan fingerprint density at radius 2 is 2.20 bits per heavy atom. The molecule has 0 saturated heterocycles. The largest absolute Gasteiger partial charge is 0.391 e. The normalized spacial score (nSPS) is 16.9. The van der Waals surface area contributed by atoms with E-state index in [-0.39, 0.29) is 5.91 Å². The molecule has 2 N–H and O–H groups in total. The van der Waals surface area contributed by atoms with E-state index in [1.54, 1.807) is 18.3 Å². The monoisotopic (exact) mass is 277 g/mol. The van der Waals surface area contributed by atoms with Gasteiger partial charge in [0, 0.05) is 26.8 Å². The molecule has 1 fully saturated rings. The van der Waals surface area contributed by atoms with E-state index in [4.69, 9.17) is 0 Å². The Kier molecular flexibility index (Phi) is 4.95. The number of hydrogen-bond acceptors (Lipinski definition) is 4. The second kappa shape index (κ2) is 6.70. The molecule has 1 aromatic rings. The van der Waals surface area contributed by atoms with E-state index in [1.165, 1.54) is 12.8 Å². The quantitative estimate of drug-likeness (QED) is 0.854. The van der Waals surface area contributed by atoms with Crippen molar-refractivity contribution in [1.29, 1.82) is 0 Å². The third kappa shape index (κ3) is 3.48. The number of carbonyl (C=O) groups excluding carboxylic acids is 1. The number of aliphatic hydroxyl groups excluding tert-OH is 1. The highest BCUT2D eigenvalue weighted by Crippen LogP contribution is 2.27. The molecule has 20 heavy (non-hydrogen) atoms. The molecule has 0 aliphatic heterocycles. The van der Waals surface area contributed by atoms with Crippen molar-refractivity contribution in [2.24, 2.45) is 5.92 Å². The molecule has 1 aromatic heterocycles. The van der Waals surface area contributed by atoms with Crippen molar-refractivity contribution in [2.45, 2.75) is 31.8 Å². The van der Waals surface area contributed by atoms with Crippen molar-refractivity contribution >= 4 is 11.7 Å². The van der Waals surface area contributed by atoms with Crippen LogP contribution in [0, 0.1) is 5.92 Å². The zero-order valence-electron chi connectivity index (χ0n) is 12.2. The number of carbonyl (C=O) groups is 1. The highest BCUT2D eigenvalue weighted by atomic mass is 16.3. The average Bonchev–Trinajstić information content (AvgIpc) is 2.98. The molecule has 1 amide bonds. The molecular formula is C15H23N3O2. The number of pyridine rings is 1. The number of aromatic nitrogens is 1. The zero-order valence-corrected chi connectivity index (χ0v) is 12.2. The van der Waals surface area contributed by atoms with Crippen LogP contribution >= 0.6 is 0 Å². The predicted molar refractivity (Wildman–Crippen MR) is 78.9 cm³/mol. The summed E-state index contributed by atoms with van der Waals surface area (Å²) >= 11 is 0. The fourth-order valence-corrected chi connectivity index (χ4v) is 2.73. The Balaban J connectivity index is 1.94. The van der Waals surface area contributed by atoms with Crippen molar-refractivity contribution < 1.29 is 9.90 Å². The van der Waals surface area contributed by atoms with Crippen LogP contribution in [-0.4, -0.2) is 42.7 Å². The van der Waals surface area contributed by atoms with Crippen molar-refractivity contribution in [3.8, 4) is 0 Å². The van der Waals surface area contributed by atoms with E-state index in [0.29, 0.717) is 23.8 Å². The van der Waals surface area contributed by atoms with E-state index in [0.717, 1.165) is 12.8 Å². The van der Waals surface area contributed by atoms with E-state index in [1.807, 2.05) is 19.0 Å². The summed E-state index contributed by atoms with van der Waals surface area (Å²) in [7, 11) is 3.71. The van der Waals surface area contributed by atoms with Gasteiger partial charge in [0.2, 0.25) is 0 Å². The minimum Gasteiger partial charge on any atom is -0.391 e. The van der Waals surface area contributed by atoms with Crippen LogP contribution in [0.25, 0.3) is 0 Å². The predicted octanol–water partition coefficient (Wildman–Crippen LogP) is 1.43. The molecule has 5 nitrogen and oxygen atoms in total. The van der Waals surface area contributed by atoms with E-state index in [9.17, 15) is 9.90 Å². The van der Waals surface area contributed by atoms with Crippen LogP contribution in [0.1, 0.15) is 36.0 Å². The van der Waals surface area contributed by atoms with Gasteiger partial charge in [0.05, 0.1) is 11.7 Å². The van der Waals surface area contributed by atoms with Crippen LogP contribution in [0.5, 0.6) is 0 Å². The van der Waals surface area contributed by atoms with Crippen molar-refractivity contribution in [1.82, 2.24) is 10.3 Å². The number of amides is 1. The maximum absolute atomic E-state index is 12.2. The molecule has 1 aliphatic carbocycles. The van der Waals surface area contributed by atoms with Gasteiger partial charge in [-0.1, -0.05) is 12.8 Å². The standard InChI is InChI=1S/C15H23N3O2/c1-18(2)14-12(8-5-9-16-14)15(20)17-10-13(19)11-6-3-4-7-11/h5,8-9,11,13,19H,3-4,6-7,10H2,1-2H3,(H,17,20). The van der Waals surface area contributed by atoms with Crippen LogP contribution in [-0.2, 0) is 0 Å². The molecule has 1 heterocycles. The summed E-state index contributed by atoms with van der Waals surface area (Å²) in [4.78, 5) is 18.2. The summed E-state index contributed by atoms with van der Waals surface area (Å²) in [5.74, 6) is 0.789. The highest BCUT2D eigenvalue weighted by Gasteiger charge is 2.24. The van der Waals surface area contributed by atoms with Gasteiger partial charge in [-0.2, -0.15) is 0 Å². The second-order valence-electron chi connectivity index (χ2n) is 5.59. The van der Waals surface area contributed by atoms with E-state index >= 15 is 0 Å². The summed E-state index contributed by atoms with van der Waals surface area (Å²) in [5, 5.41) is 12.9. The van der Waals surface area contributed by atoms with Crippen molar-refractivity contribution in [3.05, 3.63) is 23.9 Å². The summed E-state index contributed by atoms with van der Waals surface area (Å²) in [6, 6.07) is 3.49. The number of nitrogens with zero attached hydrogens (tertiary/aromatic N) is 2. The maximum Gasteiger partial charge on any atom is 0.255 e. The zero-order chi connectivity index (χ0) is 14.5. The fraction of sp³-hybridized carbons (Fsp3) is 0.600. The van der Waals surface area contributed by atoms with Gasteiger partial charge in [0.1, 0.15) is 5.82 Å². The molecule has 0 radical (unpaired) electrons. The van der Waals surface area contributed by atoms with Gasteiger partial charge < -0.3 is 15.3 Å². The fourth-order valence-electron chi connectivity index (χ4n) is 2.73. The Hall–Kier alpha value is -1.62. The van der Waals surface area contributed by atoms with Crippen LogP contribution in [0.15, 0.2) is 18.3 Å². The smallest absolute Gasteiger partial charge is 0.255 e. The molecule has 0 aromatic carbocycles. The lowest BCUT2D eigenvalue weighted by Gasteiger charge is -2.19. The number of aliphatic hydroxyl groups is 1. The summed E-state index contributed by atoms with van der Waals surface area (Å²) in [6.07, 6.45) is 5.71. The Labute approximate surface area is 120 Å². The van der Waals surface area contributed by atoms with Gasteiger partial charge in [-0.05, 0) is 30.9 Å². The van der Waals surface area contributed by atoms with E-state index < -0.39 is 6.10 Å². The number of nitrogens with one attached hydrogen (secondary N) is 1. The third-order valence-corrected chi connectivity index (χ3v) is 3.87. The lowest BCUT2D eigenvalue weighted by molar-refractivity contribution is 0.0841. The first kappa shape index (κ1) is 14.8. The average molecular weight is 277 g/mol. The van der Waals surface area contributed by atoms with Gasteiger partial charge >= 0.3 is 0 Å². The summed E-state index contributed by atoms with van der Waals surface area (Å²) < 4.78 is 0. The number of anilines is 1. The molecule has 0 bridgehead atoms. The molecule has 110 valence electrons. The summed E-state index contributed by atoms with van der Waals surface area (Å²) in [6.45, 7) is 0.311. The Bertz CT molecular complexity index is 456. The van der Waals surface area contributed by atoms with E-state index in [2.05, 4.69) is 10.3 Å². The molecule has 1 saturated carbocycles. The minimum absolute atomic E-state index is 0.182. The first-order chi connectivity index (χ1) is 9.59. The molecular weight excluding hydrogens is 254 g/mol. The molecule has 2 rings (SSSR count). The van der Waals surface area contributed by atoms with Gasteiger partial charge in [0.15, 0.2) is 0 Å². The van der Waals surface area contributed by atoms with Crippen LogP contribution in [0.4, 0.5) is 5.82 Å². The van der Waals surface area contributed by atoms with Gasteiger partial charge in [0.25, 0.3) is 5.91 Å². The molecule has 1 atom stereocenters. The molecule has 1 aliphatic rings. The molecule has 5 heteroatoms.